The van der Waals surface area contributed by atoms with E-state index in [0.29, 0.717) is 26.7 Å². The van der Waals surface area contributed by atoms with Crippen molar-refractivity contribution in [3.8, 4) is 11.5 Å². The molecule has 0 spiro atoms. The number of halogens is 2. The SMILES string of the molecule is COc1cc(C2c3c(oc4ccc(C)cc4c3=O)C(=O)N2c2ccc(F)cc2)cc(Br)c1O. The molecule has 0 bridgehead atoms. The van der Waals surface area contributed by atoms with Crippen molar-refractivity contribution in [1.29, 1.82) is 0 Å². The molecule has 5 rings (SSSR count). The van der Waals surface area contributed by atoms with Crippen LogP contribution < -0.4 is 15.1 Å². The summed E-state index contributed by atoms with van der Waals surface area (Å²) in [5.74, 6) is -0.997. The topological polar surface area (TPSA) is 80.0 Å². The average molecular weight is 510 g/mol. The van der Waals surface area contributed by atoms with Crippen LogP contribution in [0.2, 0.25) is 0 Å². The molecule has 1 amide bonds. The molecular weight excluding hydrogens is 493 g/mol. The maximum Gasteiger partial charge on any atom is 0.295 e. The largest absolute Gasteiger partial charge is 0.503 e. The van der Waals surface area contributed by atoms with Gasteiger partial charge in [0.05, 0.1) is 28.6 Å². The summed E-state index contributed by atoms with van der Waals surface area (Å²) < 4.78 is 25.2. The van der Waals surface area contributed by atoms with Crippen LogP contribution in [0.4, 0.5) is 10.1 Å². The van der Waals surface area contributed by atoms with Crippen molar-refractivity contribution < 1.29 is 23.4 Å². The summed E-state index contributed by atoms with van der Waals surface area (Å²) in [5.41, 5.74) is 1.91. The van der Waals surface area contributed by atoms with Crippen LogP contribution in [0, 0.1) is 12.7 Å². The van der Waals surface area contributed by atoms with E-state index in [0.717, 1.165) is 5.56 Å². The second-order valence-corrected chi connectivity index (χ2v) is 8.64. The zero-order valence-corrected chi connectivity index (χ0v) is 19.1. The Morgan fingerprint density at radius 1 is 1.09 bits per heavy atom. The van der Waals surface area contributed by atoms with Crippen LogP contribution in [-0.2, 0) is 0 Å². The number of aromatic hydroxyl groups is 1. The molecule has 0 radical (unpaired) electrons. The van der Waals surface area contributed by atoms with E-state index in [1.54, 1.807) is 30.3 Å². The van der Waals surface area contributed by atoms with E-state index >= 15 is 0 Å². The monoisotopic (exact) mass is 509 g/mol. The van der Waals surface area contributed by atoms with Crippen molar-refractivity contribution in [3.05, 3.63) is 97.6 Å². The summed E-state index contributed by atoms with van der Waals surface area (Å²) in [5, 5.41) is 10.6. The Bertz CT molecular complexity index is 1500. The Morgan fingerprint density at radius 3 is 2.52 bits per heavy atom. The number of benzene rings is 3. The van der Waals surface area contributed by atoms with Gasteiger partial charge in [0.25, 0.3) is 5.91 Å². The number of rotatable bonds is 3. The van der Waals surface area contributed by atoms with Gasteiger partial charge in [0.1, 0.15) is 11.4 Å². The summed E-state index contributed by atoms with van der Waals surface area (Å²) >= 11 is 3.31. The molecule has 6 nitrogen and oxygen atoms in total. The molecule has 0 fully saturated rings. The maximum atomic E-state index is 13.6. The Kier molecular flexibility index (Phi) is 4.97. The molecule has 1 aromatic heterocycles. The van der Waals surface area contributed by atoms with E-state index in [2.05, 4.69) is 15.9 Å². The van der Waals surface area contributed by atoms with Crippen LogP contribution in [0.5, 0.6) is 11.5 Å². The van der Waals surface area contributed by atoms with Gasteiger partial charge in [0.2, 0.25) is 5.76 Å². The molecule has 0 aliphatic carbocycles. The number of phenolic OH excluding ortho intramolecular Hbond substituents is 1. The maximum absolute atomic E-state index is 13.6. The van der Waals surface area contributed by atoms with E-state index < -0.39 is 17.8 Å². The highest BCUT2D eigenvalue weighted by Gasteiger charge is 2.44. The quantitative estimate of drug-likeness (QED) is 0.396. The number of anilines is 1. The molecule has 166 valence electrons. The van der Waals surface area contributed by atoms with Crippen molar-refractivity contribution >= 4 is 38.5 Å². The van der Waals surface area contributed by atoms with E-state index in [-0.39, 0.29) is 28.3 Å². The van der Waals surface area contributed by atoms with E-state index in [4.69, 9.17) is 9.15 Å². The number of ether oxygens (including phenoxy) is 1. The summed E-state index contributed by atoms with van der Waals surface area (Å²) in [4.78, 5) is 28.6. The average Bonchev–Trinajstić information content (AvgIpc) is 3.09. The lowest BCUT2D eigenvalue weighted by atomic mass is 9.97. The van der Waals surface area contributed by atoms with E-state index in [1.165, 1.54) is 36.3 Å². The number of carbonyl (C=O) groups is 1. The van der Waals surface area contributed by atoms with Crippen molar-refractivity contribution in [3.63, 3.8) is 0 Å². The van der Waals surface area contributed by atoms with Gasteiger partial charge in [-0.25, -0.2) is 4.39 Å². The number of phenols is 1. The smallest absolute Gasteiger partial charge is 0.295 e. The zero-order chi connectivity index (χ0) is 23.4. The van der Waals surface area contributed by atoms with Gasteiger partial charge in [-0.1, -0.05) is 11.6 Å². The summed E-state index contributed by atoms with van der Waals surface area (Å²) in [7, 11) is 1.40. The number of nitrogens with zero attached hydrogens (tertiary/aromatic N) is 1. The normalized spacial score (nSPS) is 15.2. The minimum Gasteiger partial charge on any atom is -0.503 e. The van der Waals surface area contributed by atoms with Crippen molar-refractivity contribution in [2.75, 3.05) is 12.0 Å². The summed E-state index contributed by atoms with van der Waals surface area (Å²) in [6.45, 7) is 1.86. The van der Waals surface area contributed by atoms with Crippen molar-refractivity contribution in [2.45, 2.75) is 13.0 Å². The standard InChI is InChI=1S/C25H17BrFNO5/c1-12-3-8-18-16(9-12)22(29)20-21(13-10-17(26)23(30)19(11-13)32-2)28(25(31)24(20)33-18)15-6-4-14(27)5-7-15/h3-11,21,30H,1-2H3. The number of hydrogen-bond donors (Lipinski definition) is 1. The highest BCUT2D eigenvalue weighted by Crippen LogP contribution is 2.45. The van der Waals surface area contributed by atoms with Gasteiger partial charge in [0, 0.05) is 5.69 Å². The molecule has 0 saturated carbocycles. The molecule has 1 atom stereocenters. The van der Waals surface area contributed by atoms with E-state index in [1.807, 2.05) is 6.92 Å². The Labute approximate surface area is 196 Å². The molecule has 2 heterocycles. The molecule has 3 aromatic carbocycles. The van der Waals surface area contributed by atoms with Gasteiger partial charge in [-0.05, 0) is 76.9 Å². The van der Waals surface area contributed by atoms with Crippen molar-refractivity contribution in [1.82, 2.24) is 0 Å². The predicted molar refractivity (Wildman–Crippen MR) is 125 cm³/mol. The summed E-state index contributed by atoms with van der Waals surface area (Å²) in [6.07, 6.45) is 0. The number of methoxy groups -OCH3 is 1. The number of carbonyl (C=O) groups excluding carboxylic acids is 1. The number of hydrogen-bond acceptors (Lipinski definition) is 5. The number of aryl methyl sites for hydroxylation is 1. The van der Waals surface area contributed by atoms with Gasteiger partial charge >= 0.3 is 0 Å². The van der Waals surface area contributed by atoms with Gasteiger partial charge in [-0.2, -0.15) is 0 Å². The molecular formula is C25H17BrFNO5. The van der Waals surface area contributed by atoms with Crippen LogP contribution in [0.25, 0.3) is 11.0 Å². The third-order valence-corrected chi connectivity index (χ3v) is 6.32. The summed E-state index contributed by atoms with van der Waals surface area (Å²) in [6, 6.07) is 12.9. The lowest BCUT2D eigenvalue weighted by Gasteiger charge is -2.26. The lowest BCUT2D eigenvalue weighted by molar-refractivity contribution is 0.0971. The second kappa shape index (κ2) is 7.74. The van der Waals surface area contributed by atoms with Crippen LogP contribution in [0.1, 0.15) is 33.3 Å². The van der Waals surface area contributed by atoms with Gasteiger partial charge in [-0.3, -0.25) is 14.5 Å². The Hall–Kier alpha value is -3.65. The molecule has 1 aliphatic heterocycles. The molecule has 33 heavy (non-hydrogen) atoms. The molecule has 1 N–H and O–H groups in total. The highest BCUT2D eigenvalue weighted by atomic mass is 79.9. The molecule has 4 aromatic rings. The highest BCUT2D eigenvalue weighted by molar-refractivity contribution is 9.10. The third-order valence-electron chi connectivity index (χ3n) is 5.72. The van der Waals surface area contributed by atoms with Crippen LogP contribution in [-0.4, -0.2) is 18.1 Å². The van der Waals surface area contributed by atoms with E-state index in [9.17, 15) is 19.1 Å². The van der Waals surface area contributed by atoms with Crippen LogP contribution in [0.15, 0.2) is 68.3 Å². The molecule has 1 aliphatic rings. The van der Waals surface area contributed by atoms with Crippen LogP contribution in [0.3, 0.4) is 0 Å². The second-order valence-electron chi connectivity index (χ2n) is 7.78. The first-order valence-corrected chi connectivity index (χ1v) is 10.8. The predicted octanol–water partition coefficient (Wildman–Crippen LogP) is 5.47. The number of amides is 1. The fourth-order valence-corrected chi connectivity index (χ4v) is 4.64. The zero-order valence-electron chi connectivity index (χ0n) is 17.6. The molecule has 0 saturated heterocycles. The van der Waals surface area contributed by atoms with Crippen LogP contribution >= 0.6 is 15.9 Å². The Balaban J connectivity index is 1.84. The van der Waals surface area contributed by atoms with Crippen molar-refractivity contribution in [2.24, 2.45) is 0 Å². The van der Waals surface area contributed by atoms with Gasteiger partial charge < -0.3 is 14.3 Å². The Morgan fingerprint density at radius 2 is 1.82 bits per heavy atom. The first-order chi connectivity index (χ1) is 15.8. The molecule has 1 unspecified atom stereocenters. The minimum atomic E-state index is -0.884. The molecule has 8 heteroatoms. The lowest BCUT2D eigenvalue weighted by Crippen LogP contribution is -2.29. The fourth-order valence-electron chi connectivity index (χ4n) is 4.18. The first-order valence-electron chi connectivity index (χ1n) is 10.0. The van der Waals surface area contributed by atoms with Gasteiger partial charge in [-0.15, -0.1) is 0 Å². The fraction of sp³-hybridized carbons (Fsp3) is 0.120. The van der Waals surface area contributed by atoms with Gasteiger partial charge in [0.15, 0.2) is 16.9 Å². The third kappa shape index (κ3) is 3.29. The first kappa shape index (κ1) is 21.2. The number of fused-ring (bicyclic) bond motifs is 2. The minimum absolute atomic E-state index is 0.0751.